The van der Waals surface area contributed by atoms with Crippen molar-refractivity contribution in [2.75, 3.05) is 25.5 Å². The minimum atomic E-state index is -0.307. The molecule has 1 fully saturated rings. The summed E-state index contributed by atoms with van der Waals surface area (Å²) in [5.74, 6) is 0.797. The molecule has 5 heteroatoms. The highest BCUT2D eigenvalue weighted by Gasteiger charge is 2.18. The molecule has 1 aliphatic rings. The average molecular weight is 291 g/mol. The third-order valence-electron chi connectivity index (χ3n) is 4.12. The van der Waals surface area contributed by atoms with Crippen LogP contribution in [0.4, 0.5) is 11.4 Å². The van der Waals surface area contributed by atoms with Gasteiger partial charge >= 0.3 is 0 Å². The Kier molecular flexibility index (Phi) is 5.56. The summed E-state index contributed by atoms with van der Waals surface area (Å²) in [7, 11) is 2.10. The predicted octanol–water partition coefficient (Wildman–Crippen LogP) is 3.65. The van der Waals surface area contributed by atoms with Crippen LogP contribution < -0.4 is 5.32 Å². The summed E-state index contributed by atoms with van der Waals surface area (Å²) in [5.41, 5.74) is 1.78. The van der Waals surface area contributed by atoms with Crippen molar-refractivity contribution in [2.24, 2.45) is 5.92 Å². The van der Waals surface area contributed by atoms with Gasteiger partial charge in [0.15, 0.2) is 0 Å². The van der Waals surface area contributed by atoms with Gasteiger partial charge in [-0.15, -0.1) is 0 Å². The second kappa shape index (κ2) is 7.41. The van der Waals surface area contributed by atoms with E-state index in [0.717, 1.165) is 24.6 Å². The van der Waals surface area contributed by atoms with E-state index >= 15 is 0 Å². The van der Waals surface area contributed by atoms with Crippen molar-refractivity contribution in [3.8, 4) is 0 Å². The molecule has 116 valence electrons. The molecule has 0 atom stereocenters. The van der Waals surface area contributed by atoms with Crippen LogP contribution >= 0.6 is 0 Å². The van der Waals surface area contributed by atoms with Gasteiger partial charge in [0.2, 0.25) is 0 Å². The van der Waals surface area contributed by atoms with E-state index in [1.807, 2.05) is 19.1 Å². The van der Waals surface area contributed by atoms with E-state index in [9.17, 15) is 10.1 Å². The van der Waals surface area contributed by atoms with Crippen LogP contribution in [0.15, 0.2) is 18.2 Å². The van der Waals surface area contributed by atoms with Gasteiger partial charge in [0.25, 0.3) is 5.69 Å². The van der Waals surface area contributed by atoms with Crippen molar-refractivity contribution in [1.29, 1.82) is 0 Å². The van der Waals surface area contributed by atoms with E-state index in [1.54, 1.807) is 6.07 Å². The largest absolute Gasteiger partial charge is 0.380 e. The van der Waals surface area contributed by atoms with Crippen molar-refractivity contribution in [3.05, 3.63) is 33.9 Å². The maximum absolute atomic E-state index is 11.2. The van der Waals surface area contributed by atoms with Gasteiger partial charge in [-0.25, -0.2) is 0 Å². The topological polar surface area (TPSA) is 58.4 Å². The smallest absolute Gasteiger partial charge is 0.292 e. The first-order valence-corrected chi connectivity index (χ1v) is 7.80. The zero-order valence-corrected chi connectivity index (χ0v) is 13.0. The fourth-order valence-corrected chi connectivity index (χ4v) is 3.18. The van der Waals surface area contributed by atoms with Crippen LogP contribution in [0, 0.1) is 16.0 Å². The Morgan fingerprint density at radius 2 is 2.10 bits per heavy atom. The Morgan fingerprint density at radius 1 is 1.38 bits per heavy atom. The first-order chi connectivity index (χ1) is 10.1. The number of nitrogens with zero attached hydrogens (tertiary/aromatic N) is 2. The second-order valence-electron chi connectivity index (χ2n) is 5.99. The van der Waals surface area contributed by atoms with E-state index in [4.69, 9.17) is 0 Å². The van der Waals surface area contributed by atoms with Gasteiger partial charge in [0.05, 0.1) is 4.92 Å². The second-order valence-corrected chi connectivity index (χ2v) is 5.99. The van der Waals surface area contributed by atoms with E-state index in [1.165, 1.54) is 25.7 Å². The highest BCUT2D eigenvalue weighted by atomic mass is 16.6. The lowest BCUT2D eigenvalue weighted by Crippen LogP contribution is -2.24. The Bertz CT molecular complexity index is 484. The number of hydrogen-bond acceptors (Lipinski definition) is 4. The van der Waals surface area contributed by atoms with Crippen molar-refractivity contribution < 1.29 is 4.92 Å². The SMILES string of the molecule is CCNc1ccc(CN(C)CC2CCCC2)cc1[N+](=O)[O-]. The number of rotatable bonds is 7. The van der Waals surface area contributed by atoms with Crippen molar-refractivity contribution >= 4 is 11.4 Å². The Labute approximate surface area is 126 Å². The summed E-state index contributed by atoms with van der Waals surface area (Å²) in [6, 6.07) is 5.50. The lowest BCUT2D eigenvalue weighted by Gasteiger charge is -2.21. The maximum atomic E-state index is 11.2. The lowest BCUT2D eigenvalue weighted by molar-refractivity contribution is -0.384. The van der Waals surface area contributed by atoms with Gasteiger partial charge in [-0.2, -0.15) is 0 Å². The fraction of sp³-hybridized carbons (Fsp3) is 0.625. The third kappa shape index (κ3) is 4.43. The number of hydrogen-bond donors (Lipinski definition) is 1. The molecule has 2 rings (SSSR count). The summed E-state index contributed by atoms with van der Waals surface area (Å²) in [6.45, 7) is 4.47. The highest BCUT2D eigenvalue weighted by molar-refractivity contribution is 5.62. The van der Waals surface area contributed by atoms with E-state index < -0.39 is 0 Å². The van der Waals surface area contributed by atoms with Crippen LogP contribution in [0.2, 0.25) is 0 Å². The van der Waals surface area contributed by atoms with Crippen molar-refractivity contribution in [2.45, 2.75) is 39.2 Å². The summed E-state index contributed by atoms with van der Waals surface area (Å²) < 4.78 is 0. The lowest BCUT2D eigenvalue weighted by atomic mass is 10.1. The van der Waals surface area contributed by atoms with Crippen LogP contribution in [-0.4, -0.2) is 30.0 Å². The number of benzene rings is 1. The Balaban J connectivity index is 2.02. The number of nitrogens with one attached hydrogen (secondary N) is 1. The van der Waals surface area contributed by atoms with Gasteiger partial charge in [0.1, 0.15) is 5.69 Å². The summed E-state index contributed by atoms with van der Waals surface area (Å²) in [5, 5.41) is 14.2. The summed E-state index contributed by atoms with van der Waals surface area (Å²) in [4.78, 5) is 13.1. The van der Waals surface area contributed by atoms with Crippen LogP contribution in [-0.2, 0) is 6.54 Å². The molecule has 0 bridgehead atoms. The molecule has 1 aliphatic carbocycles. The molecule has 5 nitrogen and oxygen atoms in total. The summed E-state index contributed by atoms with van der Waals surface area (Å²) in [6.07, 6.45) is 5.34. The third-order valence-corrected chi connectivity index (χ3v) is 4.12. The van der Waals surface area contributed by atoms with Gasteiger partial charge in [-0.3, -0.25) is 10.1 Å². The molecule has 1 saturated carbocycles. The molecule has 0 amide bonds. The molecule has 0 unspecified atom stereocenters. The molecule has 1 aromatic carbocycles. The normalized spacial score (nSPS) is 15.6. The van der Waals surface area contributed by atoms with Crippen LogP contribution in [0.25, 0.3) is 0 Å². The standard InChI is InChI=1S/C16H25N3O2/c1-3-17-15-9-8-14(10-16(15)19(20)21)12-18(2)11-13-6-4-5-7-13/h8-10,13,17H,3-7,11-12H2,1-2H3. The molecule has 21 heavy (non-hydrogen) atoms. The number of nitro benzene ring substituents is 1. The first kappa shape index (κ1) is 15.8. The molecule has 0 aromatic heterocycles. The zero-order valence-electron chi connectivity index (χ0n) is 13.0. The van der Waals surface area contributed by atoms with Crippen molar-refractivity contribution in [3.63, 3.8) is 0 Å². The fourth-order valence-electron chi connectivity index (χ4n) is 3.18. The monoisotopic (exact) mass is 291 g/mol. The molecule has 0 heterocycles. The Hall–Kier alpha value is -1.62. The number of nitro groups is 1. The van der Waals surface area contributed by atoms with Gasteiger partial charge < -0.3 is 10.2 Å². The average Bonchev–Trinajstić information content (AvgIpc) is 2.93. The Morgan fingerprint density at radius 3 is 2.71 bits per heavy atom. The predicted molar refractivity (Wildman–Crippen MR) is 85.6 cm³/mol. The molecule has 1 N–H and O–H groups in total. The minimum Gasteiger partial charge on any atom is -0.380 e. The van der Waals surface area contributed by atoms with Crippen LogP contribution in [0.5, 0.6) is 0 Å². The van der Waals surface area contributed by atoms with Gasteiger partial charge in [0, 0.05) is 25.7 Å². The molecular formula is C16H25N3O2. The highest BCUT2D eigenvalue weighted by Crippen LogP contribution is 2.28. The van der Waals surface area contributed by atoms with Gasteiger partial charge in [-0.05, 0) is 44.4 Å². The van der Waals surface area contributed by atoms with E-state index in [-0.39, 0.29) is 10.6 Å². The first-order valence-electron chi connectivity index (χ1n) is 7.80. The number of anilines is 1. The molecule has 0 aliphatic heterocycles. The van der Waals surface area contributed by atoms with E-state index in [2.05, 4.69) is 17.3 Å². The molecule has 0 saturated heterocycles. The van der Waals surface area contributed by atoms with Crippen molar-refractivity contribution in [1.82, 2.24) is 4.90 Å². The quantitative estimate of drug-likeness (QED) is 0.615. The van der Waals surface area contributed by atoms with Gasteiger partial charge in [-0.1, -0.05) is 18.9 Å². The molecule has 0 radical (unpaired) electrons. The minimum absolute atomic E-state index is 0.170. The molecule has 0 spiro atoms. The molecule has 1 aromatic rings. The maximum Gasteiger partial charge on any atom is 0.292 e. The van der Waals surface area contributed by atoms with Crippen LogP contribution in [0.3, 0.4) is 0 Å². The summed E-state index contributed by atoms with van der Waals surface area (Å²) >= 11 is 0. The zero-order chi connectivity index (χ0) is 15.2. The van der Waals surface area contributed by atoms with E-state index in [0.29, 0.717) is 12.2 Å². The van der Waals surface area contributed by atoms with Crippen LogP contribution in [0.1, 0.15) is 38.2 Å². The molecular weight excluding hydrogens is 266 g/mol.